The van der Waals surface area contributed by atoms with Crippen molar-refractivity contribution in [2.75, 3.05) is 13.6 Å². The first-order valence-electron chi connectivity index (χ1n) is 6.40. The number of alkyl halides is 3. The van der Waals surface area contributed by atoms with Crippen molar-refractivity contribution in [3.63, 3.8) is 0 Å². The Kier molecular flexibility index (Phi) is 4.54. The molecule has 9 heteroatoms. The van der Waals surface area contributed by atoms with E-state index >= 15 is 0 Å². The lowest BCUT2D eigenvalue weighted by atomic mass is 10.3. The van der Waals surface area contributed by atoms with Gasteiger partial charge in [-0.3, -0.25) is 0 Å². The topological polar surface area (TPSA) is 62.3 Å². The van der Waals surface area contributed by atoms with Gasteiger partial charge in [-0.1, -0.05) is 6.07 Å². The van der Waals surface area contributed by atoms with E-state index in [0.717, 1.165) is 25.5 Å². The Bertz CT molecular complexity index is 583. The van der Waals surface area contributed by atoms with E-state index in [0.29, 0.717) is 12.6 Å². The van der Waals surface area contributed by atoms with Crippen LogP contribution in [0.15, 0.2) is 23.4 Å². The molecule has 0 aromatic carbocycles. The molecule has 1 aromatic rings. The number of nitrogens with zero attached hydrogens (tertiary/aromatic N) is 2. The molecule has 0 amide bonds. The maximum absolute atomic E-state index is 12.3. The molecule has 0 atom stereocenters. The number of sulfonamides is 1. The third kappa shape index (κ3) is 4.65. The molecule has 0 aliphatic heterocycles. The number of nitrogens with one attached hydrogen (secondary N) is 1. The van der Waals surface area contributed by atoms with Crippen molar-refractivity contribution in [1.82, 2.24) is 14.6 Å². The van der Waals surface area contributed by atoms with Crippen LogP contribution in [0, 0.1) is 0 Å². The Labute approximate surface area is 121 Å². The maximum Gasteiger partial charge on any atom is 0.402 e. The van der Waals surface area contributed by atoms with Gasteiger partial charge in [-0.25, -0.2) is 13.4 Å². The fourth-order valence-corrected chi connectivity index (χ4v) is 2.78. The van der Waals surface area contributed by atoms with Crippen molar-refractivity contribution >= 4 is 10.0 Å². The molecule has 1 saturated carbocycles. The van der Waals surface area contributed by atoms with Crippen LogP contribution in [0.5, 0.6) is 0 Å². The summed E-state index contributed by atoms with van der Waals surface area (Å²) in [7, 11) is -3.34. The molecule has 1 aliphatic rings. The van der Waals surface area contributed by atoms with Gasteiger partial charge in [0.25, 0.3) is 10.0 Å². The number of halogens is 3. The zero-order valence-corrected chi connectivity index (χ0v) is 12.2. The number of rotatable bonds is 6. The molecule has 0 bridgehead atoms. The standard InChI is InChI=1S/C12H16F3N3O2S/c1-18(8-12(13,14)15)21(19,20)11-5-2-9(7-17-11)6-16-10-3-4-10/h2,5,7,10,16H,3-4,6,8H2,1H3. The number of aromatic nitrogens is 1. The average Bonchev–Trinajstić information content (AvgIpc) is 3.19. The molecule has 118 valence electrons. The van der Waals surface area contributed by atoms with Gasteiger partial charge in [-0.15, -0.1) is 0 Å². The van der Waals surface area contributed by atoms with E-state index in [9.17, 15) is 21.6 Å². The lowest BCUT2D eigenvalue weighted by molar-refractivity contribution is -0.134. The van der Waals surface area contributed by atoms with Crippen LogP contribution in [-0.4, -0.2) is 43.5 Å². The third-order valence-corrected chi connectivity index (χ3v) is 4.77. The largest absolute Gasteiger partial charge is 0.402 e. The molecule has 0 radical (unpaired) electrons. The summed E-state index contributed by atoms with van der Waals surface area (Å²) in [5.41, 5.74) is 0.791. The lowest BCUT2D eigenvalue weighted by Crippen LogP contribution is -2.36. The van der Waals surface area contributed by atoms with Crippen molar-refractivity contribution in [2.45, 2.75) is 36.6 Å². The van der Waals surface area contributed by atoms with Crippen molar-refractivity contribution in [2.24, 2.45) is 0 Å². The zero-order chi connectivity index (χ0) is 15.7. The van der Waals surface area contributed by atoms with Gasteiger partial charge in [0.15, 0.2) is 5.03 Å². The molecule has 1 N–H and O–H groups in total. The average molecular weight is 323 g/mol. The molecule has 21 heavy (non-hydrogen) atoms. The van der Waals surface area contributed by atoms with Crippen LogP contribution in [0.4, 0.5) is 13.2 Å². The molecular formula is C12H16F3N3O2S. The Morgan fingerprint density at radius 2 is 2.05 bits per heavy atom. The fraction of sp³-hybridized carbons (Fsp3) is 0.583. The first-order valence-corrected chi connectivity index (χ1v) is 7.84. The predicted molar refractivity (Wildman–Crippen MR) is 70.0 cm³/mol. The van der Waals surface area contributed by atoms with Crippen molar-refractivity contribution < 1.29 is 21.6 Å². The number of hydrogen-bond donors (Lipinski definition) is 1. The van der Waals surface area contributed by atoms with Gasteiger partial charge >= 0.3 is 6.18 Å². The molecule has 0 saturated heterocycles. The van der Waals surface area contributed by atoms with Gasteiger partial charge < -0.3 is 5.32 Å². The van der Waals surface area contributed by atoms with E-state index in [1.54, 1.807) is 6.07 Å². The van der Waals surface area contributed by atoms with Crippen molar-refractivity contribution in [3.05, 3.63) is 23.9 Å². The second-order valence-electron chi connectivity index (χ2n) is 5.04. The molecule has 1 aromatic heterocycles. The number of hydrogen-bond acceptors (Lipinski definition) is 4. The van der Waals surface area contributed by atoms with Gasteiger partial charge in [0.05, 0.1) is 0 Å². The first kappa shape index (κ1) is 16.2. The summed E-state index contributed by atoms with van der Waals surface area (Å²) < 4.78 is 60.9. The minimum Gasteiger partial charge on any atom is -0.310 e. The van der Waals surface area contributed by atoms with E-state index in [-0.39, 0.29) is 9.33 Å². The maximum atomic E-state index is 12.3. The van der Waals surface area contributed by atoms with Crippen LogP contribution in [0.3, 0.4) is 0 Å². The fourth-order valence-electron chi connectivity index (χ4n) is 1.71. The Hall–Kier alpha value is -1.19. The summed E-state index contributed by atoms with van der Waals surface area (Å²) in [4.78, 5) is 3.76. The van der Waals surface area contributed by atoms with Gasteiger partial charge in [-0.2, -0.15) is 17.5 Å². The minimum absolute atomic E-state index is 0.247. The van der Waals surface area contributed by atoms with Crippen LogP contribution in [-0.2, 0) is 16.6 Å². The summed E-state index contributed by atoms with van der Waals surface area (Å²) in [5.74, 6) is 0. The summed E-state index contributed by atoms with van der Waals surface area (Å²) >= 11 is 0. The molecule has 1 heterocycles. The number of pyridine rings is 1. The van der Waals surface area contributed by atoms with Crippen molar-refractivity contribution in [3.8, 4) is 0 Å². The highest BCUT2D eigenvalue weighted by molar-refractivity contribution is 7.89. The molecule has 5 nitrogen and oxygen atoms in total. The van der Waals surface area contributed by atoms with Gasteiger partial charge in [-0.05, 0) is 24.5 Å². The molecule has 1 aliphatic carbocycles. The van der Waals surface area contributed by atoms with Crippen LogP contribution in [0.1, 0.15) is 18.4 Å². The van der Waals surface area contributed by atoms with Gasteiger partial charge in [0, 0.05) is 25.8 Å². The van der Waals surface area contributed by atoms with Crippen LogP contribution in [0.25, 0.3) is 0 Å². The highest BCUT2D eigenvalue weighted by Crippen LogP contribution is 2.21. The quantitative estimate of drug-likeness (QED) is 0.862. The Balaban J connectivity index is 2.04. The third-order valence-electron chi connectivity index (χ3n) is 3.05. The van der Waals surface area contributed by atoms with Crippen LogP contribution >= 0.6 is 0 Å². The second-order valence-corrected chi connectivity index (χ2v) is 7.03. The lowest BCUT2D eigenvalue weighted by Gasteiger charge is -2.18. The smallest absolute Gasteiger partial charge is 0.310 e. The molecule has 0 unspecified atom stereocenters. The Morgan fingerprint density at radius 1 is 1.38 bits per heavy atom. The molecule has 0 spiro atoms. The minimum atomic E-state index is -4.59. The van der Waals surface area contributed by atoms with E-state index in [2.05, 4.69) is 10.3 Å². The summed E-state index contributed by atoms with van der Waals surface area (Å²) in [5, 5.41) is 2.85. The normalized spacial score (nSPS) is 16.4. The van der Waals surface area contributed by atoms with Gasteiger partial charge in [0.2, 0.25) is 0 Å². The first-order chi connectivity index (χ1) is 9.68. The van der Waals surface area contributed by atoms with Crippen LogP contribution < -0.4 is 5.32 Å². The van der Waals surface area contributed by atoms with Gasteiger partial charge in [0.1, 0.15) is 6.54 Å². The molecule has 1 fully saturated rings. The zero-order valence-electron chi connectivity index (χ0n) is 11.4. The second kappa shape index (κ2) is 5.90. The van der Waals surface area contributed by atoms with Crippen molar-refractivity contribution in [1.29, 1.82) is 0 Å². The Morgan fingerprint density at radius 3 is 2.52 bits per heavy atom. The van der Waals surface area contributed by atoms with Crippen LogP contribution in [0.2, 0.25) is 0 Å². The molecular weight excluding hydrogens is 307 g/mol. The van der Waals surface area contributed by atoms with E-state index < -0.39 is 22.7 Å². The summed E-state index contributed by atoms with van der Waals surface area (Å²) in [6, 6.07) is 3.29. The highest BCUT2D eigenvalue weighted by Gasteiger charge is 2.35. The monoisotopic (exact) mass is 323 g/mol. The highest BCUT2D eigenvalue weighted by atomic mass is 32.2. The SMILES string of the molecule is CN(CC(F)(F)F)S(=O)(=O)c1ccc(CNC2CC2)cn1. The summed E-state index contributed by atoms with van der Waals surface area (Å²) in [6.45, 7) is -0.974. The van der Waals surface area contributed by atoms with E-state index in [1.165, 1.54) is 12.3 Å². The summed E-state index contributed by atoms with van der Waals surface area (Å²) in [6.07, 6.45) is -0.968. The van der Waals surface area contributed by atoms with E-state index in [1.807, 2.05) is 0 Å². The predicted octanol–water partition coefficient (Wildman–Crippen LogP) is 1.52. The molecule has 2 rings (SSSR count). The van der Waals surface area contributed by atoms with E-state index in [4.69, 9.17) is 0 Å².